The van der Waals surface area contributed by atoms with E-state index in [2.05, 4.69) is 31.7 Å². The summed E-state index contributed by atoms with van der Waals surface area (Å²) in [7, 11) is 3.25. The number of pyridine rings is 1. The average Bonchev–Trinajstić information content (AvgIpc) is 3.59. The van der Waals surface area contributed by atoms with Crippen molar-refractivity contribution in [1.82, 2.24) is 25.0 Å². The Hall–Kier alpha value is -4.01. The molecule has 0 unspecified atom stereocenters. The molecule has 4 aromatic rings. The number of rotatable bonds is 6. The van der Waals surface area contributed by atoms with Crippen molar-refractivity contribution in [1.29, 1.82) is 5.26 Å². The molecule has 5 rings (SSSR count). The molecule has 0 aliphatic heterocycles. The maximum Gasteiger partial charge on any atom is 0.275 e. The first-order valence-electron chi connectivity index (χ1n) is 10.8. The molecule has 1 saturated carbocycles. The summed E-state index contributed by atoms with van der Waals surface area (Å²) in [6.45, 7) is 0.0726. The average molecular weight is 495 g/mol. The van der Waals surface area contributed by atoms with Crippen LogP contribution < -0.4 is 21.3 Å². The number of fused-ring (bicyclic) bond motifs is 1. The Labute approximate surface area is 203 Å². The number of ether oxygens (including phenoxy) is 1. The highest BCUT2D eigenvalue weighted by molar-refractivity contribution is 6.31. The van der Waals surface area contributed by atoms with Crippen LogP contribution in [-0.4, -0.2) is 38.1 Å². The van der Waals surface area contributed by atoms with Crippen LogP contribution in [0.3, 0.4) is 0 Å². The standard InChI is InChI=1S/C23H20ClFN8O2/c1-28-22-19-11(16(8-27)31-32-23(19)34)5-15(30-22)13-9-29-33(2)21(13)18-12(7-26)17(35-10-3-4-10)6-14(24)20(18)25/h5-6,9-10H,3-4,8,27H2,1-2H3,(H,28,30)(H,32,34). The van der Waals surface area contributed by atoms with Gasteiger partial charge >= 0.3 is 0 Å². The highest BCUT2D eigenvalue weighted by Gasteiger charge is 2.30. The van der Waals surface area contributed by atoms with E-state index in [0.29, 0.717) is 27.7 Å². The molecule has 0 spiro atoms. The summed E-state index contributed by atoms with van der Waals surface area (Å²) in [6, 6.07) is 5.04. The molecule has 1 aliphatic carbocycles. The van der Waals surface area contributed by atoms with Crippen molar-refractivity contribution in [2.75, 3.05) is 12.4 Å². The van der Waals surface area contributed by atoms with Gasteiger partial charge in [-0.05, 0) is 18.9 Å². The quantitative estimate of drug-likeness (QED) is 0.370. The third-order valence-corrected chi connectivity index (χ3v) is 6.12. The molecule has 178 valence electrons. The second-order valence-corrected chi connectivity index (χ2v) is 8.52. The molecule has 3 heterocycles. The second kappa shape index (κ2) is 8.65. The third-order valence-electron chi connectivity index (χ3n) is 5.84. The molecule has 0 radical (unpaired) electrons. The Morgan fingerprint density at radius 3 is 2.86 bits per heavy atom. The number of hydrogen-bond acceptors (Lipinski definition) is 8. The van der Waals surface area contributed by atoms with Crippen LogP contribution in [0.25, 0.3) is 33.3 Å². The topological polar surface area (TPSA) is 148 Å². The van der Waals surface area contributed by atoms with E-state index >= 15 is 4.39 Å². The minimum absolute atomic E-state index is 0.0130. The summed E-state index contributed by atoms with van der Waals surface area (Å²) in [5.41, 5.74) is 6.93. The highest BCUT2D eigenvalue weighted by atomic mass is 35.5. The van der Waals surface area contributed by atoms with Gasteiger partial charge in [-0.2, -0.15) is 15.5 Å². The Bertz CT molecular complexity index is 1590. The molecule has 1 aromatic carbocycles. The molecule has 0 amide bonds. The summed E-state index contributed by atoms with van der Waals surface area (Å²) < 4.78 is 22.8. The zero-order chi connectivity index (χ0) is 24.9. The number of benzene rings is 1. The third kappa shape index (κ3) is 3.77. The van der Waals surface area contributed by atoms with E-state index in [1.165, 1.54) is 16.9 Å². The van der Waals surface area contributed by atoms with Gasteiger partial charge in [0, 0.05) is 37.7 Å². The number of halogens is 2. The Kier molecular flexibility index (Phi) is 5.62. The van der Waals surface area contributed by atoms with Gasteiger partial charge in [0.05, 0.1) is 45.4 Å². The number of aromatic nitrogens is 5. The lowest BCUT2D eigenvalue weighted by Gasteiger charge is -2.15. The largest absolute Gasteiger partial charge is 0.489 e. The SMILES string of the molecule is CNc1nc(-c2cnn(C)c2-c2c(F)c(Cl)cc(OC3CC3)c2C#N)cc2c(CN)n[nH]c(=O)c12. The van der Waals surface area contributed by atoms with Crippen LogP contribution >= 0.6 is 11.6 Å². The van der Waals surface area contributed by atoms with Crippen molar-refractivity contribution >= 4 is 28.2 Å². The van der Waals surface area contributed by atoms with Crippen LogP contribution in [-0.2, 0) is 13.6 Å². The minimum atomic E-state index is -0.772. The van der Waals surface area contributed by atoms with E-state index < -0.39 is 11.4 Å². The van der Waals surface area contributed by atoms with Gasteiger partial charge in [0.15, 0.2) is 5.82 Å². The Morgan fingerprint density at radius 1 is 1.43 bits per heavy atom. The Balaban J connectivity index is 1.81. The van der Waals surface area contributed by atoms with E-state index in [0.717, 1.165) is 12.8 Å². The van der Waals surface area contributed by atoms with Crippen LogP contribution in [0.4, 0.5) is 10.2 Å². The first-order chi connectivity index (χ1) is 16.9. The van der Waals surface area contributed by atoms with E-state index in [-0.39, 0.29) is 46.1 Å². The number of anilines is 1. The van der Waals surface area contributed by atoms with E-state index in [9.17, 15) is 10.1 Å². The number of nitrogens with zero attached hydrogens (tertiary/aromatic N) is 5. The lowest BCUT2D eigenvalue weighted by atomic mass is 9.98. The van der Waals surface area contributed by atoms with E-state index in [1.54, 1.807) is 20.2 Å². The molecule has 3 aromatic heterocycles. The van der Waals surface area contributed by atoms with Crippen molar-refractivity contribution in [2.45, 2.75) is 25.5 Å². The summed E-state index contributed by atoms with van der Waals surface area (Å²) in [5.74, 6) is -0.269. The molecular weight excluding hydrogens is 475 g/mol. The second-order valence-electron chi connectivity index (χ2n) is 8.11. The molecule has 1 aliphatic rings. The minimum Gasteiger partial charge on any atom is -0.489 e. The zero-order valence-electron chi connectivity index (χ0n) is 18.8. The van der Waals surface area contributed by atoms with Gasteiger partial charge in [0.2, 0.25) is 0 Å². The number of aryl methyl sites for hydroxylation is 1. The maximum absolute atomic E-state index is 15.5. The molecule has 0 saturated heterocycles. The summed E-state index contributed by atoms with van der Waals surface area (Å²) in [6.07, 6.45) is 3.20. The van der Waals surface area contributed by atoms with Crippen LogP contribution in [0, 0.1) is 17.1 Å². The fourth-order valence-electron chi connectivity index (χ4n) is 4.03. The van der Waals surface area contributed by atoms with Crippen molar-refractivity contribution in [3.05, 3.63) is 50.8 Å². The molecule has 0 bridgehead atoms. The van der Waals surface area contributed by atoms with Crippen LogP contribution in [0.2, 0.25) is 5.02 Å². The van der Waals surface area contributed by atoms with Gasteiger partial charge in [-0.1, -0.05) is 11.6 Å². The van der Waals surface area contributed by atoms with Crippen molar-refractivity contribution in [2.24, 2.45) is 12.8 Å². The zero-order valence-corrected chi connectivity index (χ0v) is 19.6. The van der Waals surface area contributed by atoms with Gasteiger partial charge in [0.1, 0.15) is 23.2 Å². The lowest BCUT2D eigenvalue weighted by Crippen LogP contribution is -2.15. The fourth-order valence-corrected chi connectivity index (χ4v) is 4.22. The summed E-state index contributed by atoms with van der Waals surface area (Å²) in [4.78, 5) is 17.1. The normalized spacial score (nSPS) is 13.1. The van der Waals surface area contributed by atoms with Gasteiger partial charge in [-0.15, -0.1) is 0 Å². The lowest BCUT2D eigenvalue weighted by molar-refractivity contribution is 0.302. The number of nitrogens with one attached hydrogen (secondary N) is 2. The first-order valence-corrected chi connectivity index (χ1v) is 11.2. The Morgan fingerprint density at radius 2 is 2.20 bits per heavy atom. The molecule has 1 fully saturated rings. The number of nitrogens with two attached hydrogens (primary N) is 1. The number of hydrogen-bond donors (Lipinski definition) is 3. The predicted molar refractivity (Wildman–Crippen MR) is 129 cm³/mol. The van der Waals surface area contributed by atoms with Crippen LogP contribution in [0.15, 0.2) is 23.1 Å². The summed E-state index contributed by atoms with van der Waals surface area (Å²) >= 11 is 6.22. The smallest absolute Gasteiger partial charge is 0.275 e. The van der Waals surface area contributed by atoms with Gasteiger partial charge in [0.25, 0.3) is 5.56 Å². The highest BCUT2D eigenvalue weighted by Crippen LogP contribution is 2.43. The molecule has 10 nitrogen and oxygen atoms in total. The van der Waals surface area contributed by atoms with Crippen molar-refractivity contribution in [3.63, 3.8) is 0 Å². The molecule has 35 heavy (non-hydrogen) atoms. The molecule has 12 heteroatoms. The predicted octanol–water partition coefficient (Wildman–Crippen LogP) is 3.09. The molecular formula is C23H20ClFN8O2. The number of H-pyrrole nitrogens is 1. The van der Waals surface area contributed by atoms with Crippen molar-refractivity contribution < 1.29 is 9.13 Å². The van der Waals surface area contributed by atoms with Gasteiger partial charge in [-0.25, -0.2) is 14.5 Å². The van der Waals surface area contributed by atoms with E-state index in [4.69, 9.17) is 22.1 Å². The monoisotopic (exact) mass is 494 g/mol. The van der Waals surface area contributed by atoms with Crippen molar-refractivity contribution in [3.8, 4) is 34.3 Å². The fraction of sp³-hybridized carbons (Fsp3) is 0.261. The summed E-state index contributed by atoms with van der Waals surface area (Å²) in [5, 5.41) is 24.3. The van der Waals surface area contributed by atoms with Crippen LogP contribution in [0.1, 0.15) is 24.1 Å². The van der Waals surface area contributed by atoms with Gasteiger partial charge < -0.3 is 15.8 Å². The number of nitriles is 1. The maximum atomic E-state index is 15.5. The number of aromatic amines is 1. The first kappa shape index (κ1) is 22.8. The van der Waals surface area contributed by atoms with Crippen LogP contribution in [0.5, 0.6) is 5.75 Å². The molecule has 0 atom stereocenters. The van der Waals surface area contributed by atoms with Gasteiger partial charge in [-0.3, -0.25) is 9.48 Å². The van der Waals surface area contributed by atoms with E-state index in [1.807, 2.05) is 0 Å². The molecule has 4 N–H and O–H groups in total.